The number of hydrogen-bond donors (Lipinski definition) is 0. The molecule has 0 unspecified atom stereocenters. The molecule has 0 amide bonds. The Hall–Kier alpha value is -5.30. The summed E-state index contributed by atoms with van der Waals surface area (Å²) < 4.78 is 28.8. The lowest BCUT2D eigenvalue weighted by Crippen LogP contribution is -2.09. The van der Waals surface area contributed by atoms with Crippen LogP contribution >= 0.6 is 0 Å². The second-order valence-corrected chi connectivity index (χ2v) is 8.99. The summed E-state index contributed by atoms with van der Waals surface area (Å²) >= 11 is 0. The topological polar surface area (TPSA) is 84.2 Å². The van der Waals surface area contributed by atoms with Crippen molar-refractivity contribution in [2.24, 2.45) is 0 Å². The summed E-state index contributed by atoms with van der Waals surface area (Å²) in [5, 5.41) is 0.574. The molecule has 4 aromatic carbocycles. The predicted octanol–water partition coefficient (Wildman–Crippen LogP) is 7.34. The Morgan fingerprint density at radius 2 is 1.68 bits per heavy atom. The van der Waals surface area contributed by atoms with Crippen molar-refractivity contribution in [3.8, 4) is 34.3 Å². The van der Waals surface area contributed by atoms with E-state index in [9.17, 15) is 9.59 Å². The zero-order chi connectivity index (χ0) is 27.6. The first-order valence-electron chi connectivity index (χ1n) is 12.7. The molecule has 5 aromatic rings. The van der Waals surface area contributed by atoms with Crippen LogP contribution in [0.15, 0.2) is 101 Å². The lowest BCUT2D eigenvalue weighted by molar-refractivity contribution is 0.0736. The highest BCUT2D eigenvalue weighted by Gasteiger charge is 2.29. The molecule has 2 heterocycles. The van der Waals surface area contributed by atoms with Crippen LogP contribution in [0.2, 0.25) is 0 Å². The number of carbonyl (C=O) groups is 2. The number of ether oxygens (including phenoxy) is 4. The summed E-state index contributed by atoms with van der Waals surface area (Å²) in [6.45, 7) is 2.37. The summed E-state index contributed by atoms with van der Waals surface area (Å²) in [5.41, 5.74) is 2.62. The summed E-state index contributed by atoms with van der Waals surface area (Å²) in [4.78, 5) is 26.6. The van der Waals surface area contributed by atoms with Gasteiger partial charge in [-0.3, -0.25) is 4.79 Å². The van der Waals surface area contributed by atoms with E-state index in [1.807, 2.05) is 55.5 Å². The van der Waals surface area contributed by atoms with Crippen molar-refractivity contribution in [1.29, 1.82) is 0 Å². The van der Waals surface area contributed by atoms with Gasteiger partial charge in [0.25, 0.3) is 0 Å². The molecule has 1 aliphatic rings. The summed E-state index contributed by atoms with van der Waals surface area (Å²) in [5.74, 6) is 1.42. The minimum Gasteiger partial charge on any atom is -0.496 e. The molecule has 40 heavy (non-hydrogen) atoms. The van der Waals surface area contributed by atoms with E-state index in [0.29, 0.717) is 51.7 Å². The molecule has 1 aromatic heterocycles. The molecule has 0 saturated heterocycles. The molecular weight excluding hydrogens is 508 g/mol. The van der Waals surface area contributed by atoms with E-state index in [4.69, 9.17) is 23.4 Å². The number of fused-ring (bicyclic) bond motifs is 2. The lowest BCUT2D eigenvalue weighted by Gasteiger charge is -2.07. The van der Waals surface area contributed by atoms with E-state index < -0.39 is 5.97 Å². The van der Waals surface area contributed by atoms with Crippen LogP contribution in [0.25, 0.3) is 28.4 Å². The lowest BCUT2D eigenvalue weighted by atomic mass is 10.1. The molecular formula is C33H24O7. The van der Waals surface area contributed by atoms with Gasteiger partial charge in [0.05, 0.1) is 19.3 Å². The van der Waals surface area contributed by atoms with Crippen LogP contribution in [0.4, 0.5) is 0 Å². The van der Waals surface area contributed by atoms with Crippen LogP contribution in [-0.2, 0) is 0 Å². The number of hydrogen-bond acceptors (Lipinski definition) is 7. The number of para-hydroxylation sites is 1. The highest BCUT2D eigenvalue weighted by Crippen LogP contribution is 2.38. The summed E-state index contributed by atoms with van der Waals surface area (Å²) in [6, 6.07) is 26.7. The molecule has 0 atom stereocenters. The Balaban J connectivity index is 1.33. The highest BCUT2D eigenvalue weighted by atomic mass is 16.5. The third kappa shape index (κ3) is 4.58. The first-order valence-corrected chi connectivity index (χ1v) is 12.7. The minimum atomic E-state index is -0.611. The Bertz CT molecular complexity index is 1780. The average molecular weight is 533 g/mol. The molecule has 0 fully saturated rings. The van der Waals surface area contributed by atoms with Gasteiger partial charge >= 0.3 is 5.97 Å². The second-order valence-electron chi connectivity index (χ2n) is 8.99. The molecule has 0 aliphatic carbocycles. The van der Waals surface area contributed by atoms with E-state index in [1.54, 1.807) is 49.6 Å². The molecule has 0 saturated carbocycles. The second kappa shape index (κ2) is 10.5. The number of rotatable bonds is 7. The smallest absolute Gasteiger partial charge is 0.348 e. The van der Waals surface area contributed by atoms with Crippen molar-refractivity contribution >= 4 is 28.8 Å². The quantitative estimate of drug-likeness (QED) is 0.123. The van der Waals surface area contributed by atoms with E-state index in [2.05, 4.69) is 0 Å². The normalized spacial score (nSPS) is 13.2. The largest absolute Gasteiger partial charge is 0.496 e. The highest BCUT2D eigenvalue weighted by molar-refractivity contribution is 6.15. The van der Waals surface area contributed by atoms with Crippen molar-refractivity contribution in [2.45, 2.75) is 6.92 Å². The molecule has 0 N–H and O–H groups in total. The van der Waals surface area contributed by atoms with Gasteiger partial charge in [0, 0.05) is 22.6 Å². The standard InChI is InChI=1S/C33H24O7/c1-3-37-22-14-16-27-25(18-22)30(32(40-27)20-9-5-4-6-10-20)33(35)38-23-13-15-24-28(19-23)39-29(31(24)34)17-21-11-7-8-12-26(21)36-2/h4-19H,3H2,1-2H3. The van der Waals surface area contributed by atoms with Gasteiger partial charge in [0.2, 0.25) is 5.78 Å². The molecule has 0 radical (unpaired) electrons. The Kier molecular flexibility index (Phi) is 6.54. The number of furan rings is 1. The van der Waals surface area contributed by atoms with E-state index >= 15 is 0 Å². The first kappa shape index (κ1) is 25.0. The van der Waals surface area contributed by atoms with Gasteiger partial charge < -0.3 is 23.4 Å². The van der Waals surface area contributed by atoms with Crippen LogP contribution in [0, 0.1) is 0 Å². The van der Waals surface area contributed by atoms with Crippen LogP contribution in [0.3, 0.4) is 0 Å². The summed E-state index contributed by atoms with van der Waals surface area (Å²) in [6.07, 6.45) is 1.63. The number of esters is 1. The van der Waals surface area contributed by atoms with Crippen LogP contribution < -0.4 is 18.9 Å². The zero-order valence-corrected chi connectivity index (χ0v) is 21.8. The number of allylic oxidation sites excluding steroid dienone is 1. The van der Waals surface area contributed by atoms with Gasteiger partial charge in [-0.25, -0.2) is 4.79 Å². The maximum absolute atomic E-state index is 13.6. The van der Waals surface area contributed by atoms with Gasteiger partial charge in [-0.15, -0.1) is 0 Å². The zero-order valence-electron chi connectivity index (χ0n) is 21.8. The number of Topliss-reactive ketones (excluding diaryl/α,β-unsaturated/α-hetero) is 1. The summed E-state index contributed by atoms with van der Waals surface area (Å²) in [7, 11) is 1.56. The third-order valence-corrected chi connectivity index (χ3v) is 6.49. The van der Waals surface area contributed by atoms with Gasteiger partial charge in [-0.2, -0.15) is 0 Å². The number of methoxy groups -OCH3 is 1. The molecule has 7 nitrogen and oxygen atoms in total. The fourth-order valence-electron chi connectivity index (χ4n) is 4.64. The fraction of sp³-hybridized carbons (Fsp3) is 0.0909. The Morgan fingerprint density at radius 1 is 0.900 bits per heavy atom. The van der Waals surface area contributed by atoms with E-state index in [0.717, 1.165) is 5.56 Å². The first-order chi connectivity index (χ1) is 19.6. The fourth-order valence-corrected chi connectivity index (χ4v) is 4.64. The average Bonchev–Trinajstić information content (AvgIpc) is 3.51. The Labute approximate surface area is 230 Å². The third-order valence-electron chi connectivity index (χ3n) is 6.49. The molecule has 0 spiro atoms. The number of ketones is 1. The predicted molar refractivity (Wildman–Crippen MR) is 150 cm³/mol. The van der Waals surface area contributed by atoms with Crippen LogP contribution in [-0.4, -0.2) is 25.5 Å². The number of benzene rings is 4. The van der Waals surface area contributed by atoms with Crippen molar-refractivity contribution in [3.63, 3.8) is 0 Å². The molecule has 7 heteroatoms. The van der Waals surface area contributed by atoms with Crippen LogP contribution in [0.1, 0.15) is 33.2 Å². The van der Waals surface area contributed by atoms with Crippen molar-refractivity contribution in [3.05, 3.63) is 113 Å². The monoisotopic (exact) mass is 532 g/mol. The number of carbonyl (C=O) groups excluding carboxylic acids is 2. The van der Waals surface area contributed by atoms with Crippen LogP contribution in [0.5, 0.6) is 23.0 Å². The van der Waals surface area contributed by atoms with Crippen molar-refractivity contribution in [1.82, 2.24) is 0 Å². The van der Waals surface area contributed by atoms with Gasteiger partial charge in [0.15, 0.2) is 5.76 Å². The van der Waals surface area contributed by atoms with Gasteiger partial charge in [-0.05, 0) is 49.4 Å². The van der Waals surface area contributed by atoms with Crippen molar-refractivity contribution in [2.75, 3.05) is 13.7 Å². The molecule has 198 valence electrons. The van der Waals surface area contributed by atoms with E-state index in [1.165, 1.54) is 6.07 Å². The SMILES string of the molecule is CCOc1ccc2oc(-c3ccccc3)c(C(=O)Oc3ccc4c(c3)OC(=Cc3ccccc3OC)C4=O)c2c1. The van der Waals surface area contributed by atoms with Gasteiger partial charge in [0.1, 0.15) is 39.9 Å². The Morgan fingerprint density at radius 3 is 2.48 bits per heavy atom. The molecule has 1 aliphatic heterocycles. The maximum atomic E-state index is 13.6. The minimum absolute atomic E-state index is 0.152. The molecule has 0 bridgehead atoms. The van der Waals surface area contributed by atoms with E-state index in [-0.39, 0.29) is 22.9 Å². The molecule has 6 rings (SSSR count). The van der Waals surface area contributed by atoms with Crippen molar-refractivity contribution < 1.29 is 33.0 Å². The maximum Gasteiger partial charge on any atom is 0.348 e. The van der Waals surface area contributed by atoms with Gasteiger partial charge in [-0.1, -0.05) is 48.5 Å².